The van der Waals surface area contributed by atoms with E-state index in [0.29, 0.717) is 18.7 Å². The quantitative estimate of drug-likeness (QED) is 0.874. The van der Waals surface area contributed by atoms with E-state index in [1.807, 2.05) is 13.1 Å². The number of ether oxygens (including phenoxy) is 1. The van der Waals surface area contributed by atoms with E-state index in [2.05, 4.69) is 22.0 Å². The molecule has 0 bridgehead atoms. The number of nitrogens with zero attached hydrogens (tertiary/aromatic N) is 2. The zero-order valence-electron chi connectivity index (χ0n) is 11.3. The van der Waals surface area contributed by atoms with Crippen LogP contribution in [0.1, 0.15) is 24.1 Å². The Bertz CT molecular complexity index is 366. The van der Waals surface area contributed by atoms with Crippen LogP contribution in [0.2, 0.25) is 0 Å². The second-order valence-electron chi connectivity index (χ2n) is 5.05. The van der Waals surface area contributed by atoms with Crippen LogP contribution in [0, 0.1) is 6.92 Å². The molecule has 100 valence electrons. The topological polar surface area (TPSA) is 51.4 Å². The highest BCUT2D eigenvalue weighted by atomic mass is 16.5. The highest BCUT2D eigenvalue weighted by Crippen LogP contribution is 2.21. The maximum Gasteiger partial charge on any atom is 0.0599 e. The SMILES string of the molecule is COC1CCN(Cc2ccc(C)nc2)C(CN)C1. The molecule has 1 aromatic rings. The Morgan fingerprint density at radius 3 is 2.94 bits per heavy atom. The molecule has 1 aliphatic heterocycles. The molecule has 2 rings (SSSR count). The van der Waals surface area contributed by atoms with Crippen LogP contribution in [-0.4, -0.2) is 42.2 Å². The van der Waals surface area contributed by atoms with E-state index < -0.39 is 0 Å². The largest absolute Gasteiger partial charge is 0.381 e. The van der Waals surface area contributed by atoms with Gasteiger partial charge in [0.2, 0.25) is 0 Å². The third kappa shape index (κ3) is 3.28. The predicted octanol–water partition coefficient (Wildman–Crippen LogP) is 1.33. The molecular weight excluding hydrogens is 226 g/mol. The number of piperidine rings is 1. The zero-order chi connectivity index (χ0) is 13.0. The Morgan fingerprint density at radius 2 is 2.33 bits per heavy atom. The standard InChI is InChI=1S/C14H23N3O/c1-11-3-4-12(9-16-11)10-17-6-5-14(18-2)7-13(17)8-15/h3-4,9,13-14H,5-8,10,15H2,1-2H3. The fraction of sp³-hybridized carbons (Fsp3) is 0.643. The number of rotatable bonds is 4. The molecule has 2 heterocycles. The van der Waals surface area contributed by atoms with Gasteiger partial charge in [-0.25, -0.2) is 0 Å². The van der Waals surface area contributed by atoms with Crippen molar-refractivity contribution < 1.29 is 4.74 Å². The molecule has 0 radical (unpaired) electrons. The average Bonchev–Trinajstić information content (AvgIpc) is 2.41. The third-order valence-corrected chi connectivity index (χ3v) is 3.75. The van der Waals surface area contributed by atoms with Gasteiger partial charge in [-0.3, -0.25) is 9.88 Å². The number of hydrogen-bond donors (Lipinski definition) is 1. The summed E-state index contributed by atoms with van der Waals surface area (Å²) in [6.07, 6.45) is 4.45. The van der Waals surface area contributed by atoms with Gasteiger partial charge in [-0.05, 0) is 31.4 Å². The second kappa shape index (κ2) is 6.27. The van der Waals surface area contributed by atoms with E-state index in [0.717, 1.165) is 31.6 Å². The van der Waals surface area contributed by atoms with Crippen molar-refractivity contribution in [2.45, 2.75) is 38.5 Å². The molecule has 0 saturated carbocycles. The van der Waals surface area contributed by atoms with Crippen molar-refractivity contribution in [1.82, 2.24) is 9.88 Å². The van der Waals surface area contributed by atoms with Gasteiger partial charge in [0.25, 0.3) is 0 Å². The summed E-state index contributed by atoms with van der Waals surface area (Å²) in [6, 6.07) is 4.64. The van der Waals surface area contributed by atoms with Gasteiger partial charge < -0.3 is 10.5 Å². The minimum Gasteiger partial charge on any atom is -0.381 e. The van der Waals surface area contributed by atoms with Gasteiger partial charge in [-0.1, -0.05) is 6.07 Å². The lowest BCUT2D eigenvalue weighted by Gasteiger charge is -2.38. The summed E-state index contributed by atoms with van der Waals surface area (Å²) in [6.45, 7) is 4.69. The summed E-state index contributed by atoms with van der Waals surface area (Å²) in [5.74, 6) is 0. The van der Waals surface area contributed by atoms with Crippen LogP contribution in [0.15, 0.2) is 18.3 Å². The summed E-state index contributed by atoms with van der Waals surface area (Å²) >= 11 is 0. The molecule has 18 heavy (non-hydrogen) atoms. The van der Waals surface area contributed by atoms with E-state index >= 15 is 0 Å². The lowest BCUT2D eigenvalue weighted by molar-refractivity contribution is 0.0102. The molecule has 1 saturated heterocycles. The fourth-order valence-corrected chi connectivity index (χ4v) is 2.56. The summed E-state index contributed by atoms with van der Waals surface area (Å²) in [7, 11) is 1.79. The van der Waals surface area contributed by atoms with Crippen molar-refractivity contribution in [3.05, 3.63) is 29.6 Å². The molecule has 4 nitrogen and oxygen atoms in total. The molecule has 0 aromatic carbocycles. The van der Waals surface area contributed by atoms with Gasteiger partial charge >= 0.3 is 0 Å². The van der Waals surface area contributed by atoms with Crippen molar-refractivity contribution in [2.24, 2.45) is 5.73 Å². The highest BCUT2D eigenvalue weighted by Gasteiger charge is 2.27. The molecule has 1 aliphatic rings. The van der Waals surface area contributed by atoms with Gasteiger partial charge in [0.05, 0.1) is 6.10 Å². The Labute approximate surface area is 109 Å². The maximum absolute atomic E-state index is 5.88. The van der Waals surface area contributed by atoms with Gasteiger partial charge in [0, 0.05) is 44.7 Å². The number of methoxy groups -OCH3 is 1. The lowest BCUT2D eigenvalue weighted by atomic mass is 9.98. The minimum atomic E-state index is 0.367. The van der Waals surface area contributed by atoms with E-state index in [1.165, 1.54) is 5.56 Å². The molecule has 2 N–H and O–H groups in total. The first kappa shape index (κ1) is 13.5. The molecule has 4 heteroatoms. The number of nitrogens with two attached hydrogens (primary N) is 1. The predicted molar refractivity (Wildman–Crippen MR) is 72.3 cm³/mol. The molecule has 0 aliphatic carbocycles. The fourth-order valence-electron chi connectivity index (χ4n) is 2.56. The number of hydrogen-bond acceptors (Lipinski definition) is 4. The van der Waals surface area contributed by atoms with Gasteiger partial charge in [-0.15, -0.1) is 0 Å². The normalized spacial score (nSPS) is 25.3. The Morgan fingerprint density at radius 1 is 1.50 bits per heavy atom. The first-order chi connectivity index (χ1) is 8.72. The van der Waals surface area contributed by atoms with E-state index in [-0.39, 0.29) is 0 Å². The number of likely N-dealkylation sites (tertiary alicyclic amines) is 1. The first-order valence-corrected chi connectivity index (χ1v) is 6.61. The summed E-state index contributed by atoms with van der Waals surface area (Å²) in [4.78, 5) is 6.79. The average molecular weight is 249 g/mol. The minimum absolute atomic E-state index is 0.367. The Kier molecular flexibility index (Phi) is 4.69. The second-order valence-corrected chi connectivity index (χ2v) is 5.05. The van der Waals surface area contributed by atoms with Crippen LogP contribution < -0.4 is 5.73 Å². The van der Waals surface area contributed by atoms with Crippen LogP contribution >= 0.6 is 0 Å². The smallest absolute Gasteiger partial charge is 0.0599 e. The van der Waals surface area contributed by atoms with Crippen molar-refractivity contribution in [3.63, 3.8) is 0 Å². The van der Waals surface area contributed by atoms with E-state index in [1.54, 1.807) is 7.11 Å². The molecule has 2 unspecified atom stereocenters. The van der Waals surface area contributed by atoms with Gasteiger partial charge in [-0.2, -0.15) is 0 Å². The monoisotopic (exact) mass is 249 g/mol. The molecule has 1 fully saturated rings. The summed E-state index contributed by atoms with van der Waals surface area (Å²) < 4.78 is 5.44. The van der Waals surface area contributed by atoms with E-state index in [4.69, 9.17) is 10.5 Å². The molecule has 1 aromatic heterocycles. The van der Waals surface area contributed by atoms with Crippen LogP contribution in [0.4, 0.5) is 0 Å². The van der Waals surface area contributed by atoms with Crippen molar-refractivity contribution >= 4 is 0 Å². The van der Waals surface area contributed by atoms with Crippen LogP contribution in [0.25, 0.3) is 0 Å². The summed E-state index contributed by atoms with van der Waals surface area (Å²) in [5, 5.41) is 0. The highest BCUT2D eigenvalue weighted by molar-refractivity contribution is 5.13. The maximum atomic E-state index is 5.88. The van der Waals surface area contributed by atoms with Crippen molar-refractivity contribution in [3.8, 4) is 0 Å². The van der Waals surface area contributed by atoms with Gasteiger partial charge in [0.15, 0.2) is 0 Å². The summed E-state index contributed by atoms with van der Waals surface area (Å²) in [5.41, 5.74) is 8.20. The van der Waals surface area contributed by atoms with Gasteiger partial charge in [0.1, 0.15) is 0 Å². The molecule has 2 atom stereocenters. The van der Waals surface area contributed by atoms with Crippen LogP contribution in [0.3, 0.4) is 0 Å². The Balaban J connectivity index is 1.97. The Hall–Kier alpha value is -0.970. The van der Waals surface area contributed by atoms with Crippen LogP contribution in [0.5, 0.6) is 0 Å². The number of aromatic nitrogens is 1. The van der Waals surface area contributed by atoms with E-state index in [9.17, 15) is 0 Å². The number of aryl methyl sites for hydroxylation is 1. The lowest BCUT2D eigenvalue weighted by Crippen LogP contribution is -2.47. The molecular formula is C14H23N3O. The molecule has 0 amide bonds. The first-order valence-electron chi connectivity index (χ1n) is 6.61. The van der Waals surface area contributed by atoms with Crippen molar-refractivity contribution in [1.29, 1.82) is 0 Å². The van der Waals surface area contributed by atoms with Crippen molar-refractivity contribution in [2.75, 3.05) is 20.2 Å². The number of pyridine rings is 1. The zero-order valence-corrected chi connectivity index (χ0v) is 11.3. The third-order valence-electron chi connectivity index (χ3n) is 3.75. The molecule has 0 spiro atoms. The van der Waals surface area contributed by atoms with Crippen LogP contribution in [-0.2, 0) is 11.3 Å².